The molecule has 33 heavy (non-hydrogen) atoms. The van der Waals surface area contributed by atoms with E-state index in [-0.39, 0.29) is 16.9 Å². The van der Waals surface area contributed by atoms with Crippen molar-refractivity contribution in [3.8, 4) is 0 Å². The second-order valence-corrected chi connectivity index (χ2v) is 8.45. The Bertz CT molecular complexity index is 1130. The molecule has 1 saturated heterocycles. The molecule has 1 aliphatic heterocycles. The number of hydrogen-bond acceptors (Lipinski definition) is 4. The molecule has 2 N–H and O–H groups in total. The van der Waals surface area contributed by atoms with Gasteiger partial charge in [-0.1, -0.05) is 29.8 Å². The number of anilines is 2. The molecule has 8 heteroatoms. The van der Waals surface area contributed by atoms with Crippen LogP contribution in [0.4, 0.5) is 11.4 Å². The number of piperazine rings is 1. The van der Waals surface area contributed by atoms with Crippen molar-refractivity contribution in [2.45, 2.75) is 0 Å². The highest BCUT2D eigenvalue weighted by molar-refractivity contribution is 7.80. The molecule has 1 aliphatic rings. The summed E-state index contributed by atoms with van der Waals surface area (Å²) in [6.45, 7) is 2.80. The molecular weight excluding hydrogens is 456 g/mol. The van der Waals surface area contributed by atoms with E-state index in [4.69, 9.17) is 23.8 Å². The fraction of sp³-hybridized carbons (Fsp3) is 0.160. The summed E-state index contributed by atoms with van der Waals surface area (Å²) >= 11 is 11.2. The number of amides is 2. The average Bonchev–Trinajstić information content (AvgIpc) is 2.85. The second kappa shape index (κ2) is 10.5. The molecule has 0 radical (unpaired) electrons. The lowest BCUT2D eigenvalue weighted by atomic mass is 10.1. The summed E-state index contributed by atoms with van der Waals surface area (Å²) in [7, 11) is 0. The van der Waals surface area contributed by atoms with Crippen LogP contribution >= 0.6 is 23.8 Å². The molecule has 0 spiro atoms. The molecule has 0 unspecified atom stereocenters. The number of halogens is 1. The number of nitrogens with zero attached hydrogens (tertiary/aromatic N) is 2. The molecule has 1 heterocycles. The first-order valence-electron chi connectivity index (χ1n) is 10.6. The Hall–Kier alpha value is -3.42. The average molecular weight is 479 g/mol. The number of benzene rings is 3. The van der Waals surface area contributed by atoms with Gasteiger partial charge in [0.2, 0.25) is 0 Å². The highest BCUT2D eigenvalue weighted by atomic mass is 35.5. The van der Waals surface area contributed by atoms with Gasteiger partial charge in [-0.25, -0.2) is 0 Å². The third-order valence-corrected chi connectivity index (χ3v) is 5.87. The minimum Gasteiger partial charge on any atom is -0.368 e. The van der Waals surface area contributed by atoms with Gasteiger partial charge in [-0.15, -0.1) is 0 Å². The lowest BCUT2D eigenvalue weighted by Crippen LogP contribution is -2.48. The van der Waals surface area contributed by atoms with Gasteiger partial charge in [0.05, 0.1) is 0 Å². The van der Waals surface area contributed by atoms with Crippen LogP contribution in [0.3, 0.4) is 0 Å². The van der Waals surface area contributed by atoms with Gasteiger partial charge in [0.25, 0.3) is 11.8 Å². The Morgan fingerprint density at radius 2 is 1.42 bits per heavy atom. The smallest absolute Gasteiger partial charge is 0.257 e. The Kier molecular flexibility index (Phi) is 7.22. The van der Waals surface area contributed by atoms with Crippen molar-refractivity contribution in [3.63, 3.8) is 0 Å². The van der Waals surface area contributed by atoms with Gasteiger partial charge in [0, 0.05) is 53.7 Å². The van der Waals surface area contributed by atoms with Crippen LogP contribution in [0, 0.1) is 0 Å². The van der Waals surface area contributed by atoms with E-state index in [0.29, 0.717) is 29.2 Å². The van der Waals surface area contributed by atoms with Crippen LogP contribution in [-0.4, -0.2) is 48.0 Å². The van der Waals surface area contributed by atoms with Gasteiger partial charge in [-0.05, 0) is 72.9 Å². The largest absolute Gasteiger partial charge is 0.368 e. The number of carbonyl (C=O) groups is 2. The minimum absolute atomic E-state index is 0.0249. The molecule has 0 aromatic heterocycles. The van der Waals surface area contributed by atoms with Crippen molar-refractivity contribution < 1.29 is 9.59 Å². The van der Waals surface area contributed by atoms with Crippen molar-refractivity contribution >= 4 is 52.1 Å². The van der Waals surface area contributed by atoms with Crippen LogP contribution < -0.4 is 15.5 Å². The summed E-state index contributed by atoms with van der Waals surface area (Å²) in [6.07, 6.45) is 0. The van der Waals surface area contributed by atoms with Crippen LogP contribution in [0.5, 0.6) is 0 Å². The Labute approximate surface area is 203 Å². The van der Waals surface area contributed by atoms with Crippen molar-refractivity contribution in [1.29, 1.82) is 0 Å². The van der Waals surface area contributed by atoms with Crippen molar-refractivity contribution in [1.82, 2.24) is 10.2 Å². The predicted octanol–water partition coefficient (Wildman–Crippen LogP) is 4.43. The van der Waals surface area contributed by atoms with Crippen LogP contribution in [0.1, 0.15) is 20.7 Å². The Morgan fingerprint density at radius 3 is 2.06 bits per heavy atom. The molecule has 3 aromatic rings. The molecule has 0 bridgehead atoms. The van der Waals surface area contributed by atoms with Gasteiger partial charge in [0.1, 0.15) is 0 Å². The zero-order valence-corrected chi connectivity index (χ0v) is 19.4. The van der Waals surface area contributed by atoms with Crippen LogP contribution in [0.25, 0.3) is 0 Å². The van der Waals surface area contributed by atoms with E-state index in [1.54, 1.807) is 48.5 Å². The van der Waals surface area contributed by atoms with E-state index in [2.05, 4.69) is 15.5 Å². The quantitative estimate of drug-likeness (QED) is 0.543. The SMILES string of the molecule is O=C(NC(=S)Nc1ccc(N2CCN(C(=O)c3ccc(Cl)cc3)CC2)cc1)c1ccccc1. The molecule has 3 aromatic carbocycles. The third-order valence-electron chi connectivity index (χ3n) is 5.41. The summed E-state index contributed by atoms with van der Waals surface area (Å²) in [4.78, 5) is 29.0. The summed E-state index contributed by atoms with van der Waals surface area (Å²) in [5, 5.41) is 6.58. The van der Waals surface area contributed by atoms with E-state index in [1.165, 1.54) is 0 Å². The fourth-order valence-electron chi connectivity index (χ4n) is 3.63. The summed E-state index contributed by atoms with van der Waals surface area (Å²) in [5.74, 6) is -0.229. The van der Waals surface area contributed by atoms with Crippen LogP contribution in [-0.2, 0) is 0 Å². The van der Waals surface area contributed by atoms with E-state index in [1.807, 2.05) is 35.2 Å². The molecule has 168 valence electrons. The Balaban J connectivity index is 1.28. The van der Waals surface area contributed by atoms with E-state index < -0.39 is 0 Å². The number of nitrogens with one attached hydrogen (secondary N) is 2. The molecule has 6 nitrogen and oxygen atoms in total. The maximum Gasteiger partial charge on any atom is 0.257 e. The zero-order chi connectivity index (χ0) is 23.2. The molecule has 0 saturated carbocycles. The molecule has 1 fully saturated rings. The van der Waals surface area contributed by atoms with Gasteiger partial charge in [0.15, 0.2) is 5.11 Å². The first kappa shape index (κ1) is 22.8. The monoisotopic (exact) mass is 478 g/mol. The summed E-state index contributed by atoms with van der Waals surface area (Å²) in [6, 6.07) is 23.8. The number of rotatable bonds is 4. The third kappa shape index (κ3) is 5.88. The zero-order valence-electron chi connectivity index (χ0n) is 17.8. The van der Waals surface area contributed by atoms with Gasteiger partial charge < -0.3 is 15.1 Å². The fourth-order valence-corrected chi connectivity index (χ4v) is 3.96. The molecule has 0 atom stereocenters. The minimum atomic E-state index is -0.254. The van der Waals surface area contributed by atoms with Crippen molar-refractivity contribution in [2.75, 3.05) is 36.4 Å². The Morgan fingerprint density at radius 1 is 0.788 bits per heavy atom. The topological polar surface area (TPSA) is 64.7 Å². The second-order valence-electron chi connectivity index (χ2n) is 7.61. The van der Waals surface area contributed by atoms with Crippen LogP contribution in [0.15, 0.2) is 78.9 Å². The number of carbonyl (C=O) groups excluding carboxylic acids is 2. The normalized spacial score (nSPS) is 13.4. The number of thiocarbonyl (C=S) groups is 1. The molecule has 2 amide bonds. The van der Waals surface area contributed by atoms with Gasteiger partial charge >= 0.3 is 0 Å². The standard InChI is InChI=1S/C25H23ClN4O2S/c26-20-8-6-19(7-9-20)24(32)30-16-14-29(15-17-30)22-12-10-21(11-13-22)27-25(33)28-23(31)18-4-2-1-3-5-18/h1-13H,14-17H2,(H2,27,28,31,33). The van der Waals surface area contributed by atoms with Crippen LogP contribution in [0.2, 0.25) is 5.02 Å². The summed E-state index contributed by atoms with van der Waals surface area (Å²) < 4.78 is 0. The van der Waals surface area contributed by atoms with Gasteiger partial charge in [-0.2, -0.15) is 0 Å². The highest BCUT2D eigenvalue weighted by Gasteiger charge is 2.22. The predicted molar refractivity (Wildman–Crippen MR) is 136 cm³/mol. The molecule has 4 rings (SSSR count). The maximum atomic E-state index is 12.7. The molecule has 0 aliphatic carbocycles. The maximum absolute atomic E-state index is 12.7. The van der Waals surface area contributed by atoms with E-state index in [0.717, 1.165) is 24.5 Å². The van der Waals surface area contributed by atoms with Gasteiger partial charge in [-0.3, -0.25) is 14.9 Å². The van der Waals surface area contributed by atoms with E-state index in [9.17, 15) is 9.59 Å². The first-order valence-corrected chi connectivity index (χ1v) is 11.4. The van der Waals surface area contributed by atoms with E-state index >= 15 is 0 Å². The molecular formula is C25H23ClN4O2S. The first-order chi connectivity index (χ1) is 16.0. The highest BCUT2D eigenvalue weighted by Crippen LogP contribution is 2.20. The van der Waals surface area contributed by atoms with Crippen molar-refractivity contribution in [2.24, 2.45) is 0 Å². The lowest BCUT2D eigenvalue weighted by molar-refractivity contribution is 0.0746. The number of hydrogen-bond donors (Lipinski definition) is 2. The lowest BCUT2D eigenvalue weighted by Gasteiger charge is -2.36. The van der Waals surface area contributed by atoms with Crippen molar-refractivity contribution in [3.05, 3.63) is 95.0 Å². The summed E-state index contributed by atoms with van der Waals surface area (Å²) in [5.41, 5.74) is 3.05.